The van der Waals surface area contributed by atoms with E-state index in [1.54, 1.807) is 16.7 Å². The van der Waals surface area contributed by atoms with E-state index in [1.165, 1.54) is 0 Å². The SMILES string of the molecule is CCC(CC)CCn1ccn(CC(=O)c2ccc3c(c2C(C)(C)C)C(C)(C)C(=O)O3)c1=N.O=C(O)C(F)(F)F. The smallest absolute Gasteiger partial charge is 0.475 e. The van der Waals surface area contributed by atoms with Crippen molar-refractivity contribution in [2.24, 2.45) is 5.92 Å². The average Bonchev–Trinajstić information content (AvgIpc) is 3.28. The number of ether oxygens (including phenoxy) is 1. The summed E-state index contributed by atoms with van der Waals surface area (Å²) in [6.45, 7) is 15.1. The summed E-state index contributed by atoms with van der Waals surface area (Å²) < 4.78 is 40.9. The number of benzene rings is 1. The molecule has 2 aromatic rings. The Labute approximate surface area is 226 Å². The molecule has 0 amide bonds. The fourth-order valence-electron chi connectivity index (χ4n) is 4.66. The van der Waals surface area contributed by atoms with Gasteiger partial charge < -0.3 is 19.0 Å². The maximum atomic E-state index is 13.5. The molecule has 0 bridgehead atoms. The summed E-state index contributed by atoms with van der Waals surface area (Å²) in [6.07, 6.45) is 1.93. The van der Waals surface area contributed by atoms with Crippen molar-refractivity contribution in [3.63, 3.8) is 0 Å². The molecule has 1 aliphatic heterocycles. The van der Waals surface area contributed by atoms with Gasteiger partial charge in [-0.1, -0.05) is 47.5 Å². The molecule has 8 nitrogen and oxygen atoms in total. The lowest BCUT2D eigenvalue weighted by Gasteiger charge is -2.29. The van der Waals surface area contributed by atoms with Gasteiger partial charge in [0.25, 0.3) is 0 Å². The van der Waals surface area contributed by atoms with E-state index >= 15 is 0 Å². The summed E-state index contributed by atoms with van der Waals surface area (Å²) in [6, 6.07) is 3.50. The molecule has 1 aliphatic rings. The lowest BCUT2D eigenvalue weighted by molar-refractivity contribution is -0.192. The van der Waals surface area contributed by atoms with Crippen molar-refractivity contribution in [1.82, 2.24) is 9.13 Å². The fourth-order valence-corrected chi connectivity index (χ4v) is 4.66. The second-order valence-corrected chi connectivity index (χ2v) is 11.3. The number of aromatic nitrogens is 2. The van der Waals surface area contributed by atoms with Crippen LogP contribution < -0.4 is 10.4 Å². The zero-order chi connectivity index (χ0) is 29.9. The Morgan fingerprint density at radius 3 is 2.10 bits per heavy atom. The number of aryl methyl sites for hydroxylation is 1. The van der Waals surface area contributed by atoms with Gasteiger partial charge in [-0.25, -0.2) is 4.79 Å². The molecule has 0 saturated carbocycles. The largest absolute Gasteiger partial charge is 0.490 e. The number of carbonyl (C=O) groups excluding carboxylic acids is 2. The highest BCUT2D eigenvalue weighted by Gasteiger charge is 2.45. The molecule has 0 aliphatic carbocycles. The number of esters is 1. The Morgan fingerprint density at radius 2 is 1.62 bits per heavy atom. The molecular weight excluding hydrogens is 515 g/mol. The average molecular weight is 554 g/mol. The molecule has 1 aromatic heterocycles. The van der Waals surface area contributed by atoms with Gasteiger partial charge in [0, 0.05) is 30.1 Å². The van der Waals surface area contributed by atoms with Gasteiger partial charge in [-0.05, 0) is 49.3 Å². The van der Waals surface area contributed by atoms with Crippen LogP contribution in [-0.2, 0) is 33.5 Å². The van der Waals surface area contributed by atoms with Gasteiger partial charge in [0.2, 0.25) is 5.62 Å². The number of hydrogen-bond donors (Lipinski definition) is 2. The van der Waals surface area contributed by atoms with Crippen LogP contribution >= 0.6 is 0 Å². The predicted molar refractivity (Wildman–Crippen MR) is 139 cm³/mol. The van der Waals surface area contributed by atoms with E-state index in [0.717, 1.165) is 36.9 Å². The normalized spacial score (nSPS) is 14.5. The van der Waals surface area contributed by atoms with Gasteiger partial charge in [0.15, 0.2) is 5.78 Å². The quantitative estimate of drug-likeness (QED) is 0.251. The van der Waals surface area contributed by atoms with Gasteiger partial charge in [-0.15, -0.1) is 0 Å². The molecule has 39 heavy (non-hydrogen) atoms. The first-order valence-electron chi connectivity index (χ1n) is 12.9. The number of carboxylic acids is 1. The van der Waals surface area contributed by atoms with Crippen LogP contribution in [0.4, 0.5) is 13.2 Å². The minimum atomic E-state index is -5.08. The summed E-state index contributed by atoms with van der Waals surface area (Å²) in [5.74, 6) is -1.92. The van der Waals surface area contributed by atoms with Gasteiger partial charge in [-0.3, -0.25) is 15.0 Å². The zero-order valence-corrected chi connectivity index (χ0v) is 23.5. The first-order chi connectivity index (χ1) is 17.9. The topological polar surface area (TPSA) is 114 Å². The van der Waals surface area contributed by atoms with E-state index in [9.17, 15) is 22.8 Å². The Hall–Kier alpha value is -3.37. The minimum Gasteiger partial charge on any atom is -0.475 e. The molecular formula is C28H38F3N3O5. The molecule has 11 heteroatoms. The number of Topliss-reactive ketones (excluding diaryl/α,β-unsaturated/α-hetero) is 1. The minimum absolute atomic E-state index is 0.0656. The van der Waals surface area contributed by atoms with Crippen molar-refractivity contribution in [1.29, 1.82) is 5.41 Å². The van der Waals surface area contributed by atoms with Crippen molar-refractivity contribution >= 4 is 17.7 Å². The molecule has 0 unspecified atom stereocenters. The number of fused-ring (bicyclic) bond motifs is 1. The second-order valence-electron chi connectivity index (χ2n) is 11.3. The first-order valence-corrected chi connectivity index (χ1v) is 12.9. The molecule has 0 spiro atoms. The van der Waals surface area contributed by atoms with Gasteiger partial charge in [-0.2, -0.15) is 13.2 Å². The number of aliphatic carboxylic acids is 1. The van der Waals surface area contributed by atoms with E-state index in [1.807, 2.05) is 30.8 Å². The molecule has 216 valence electrons. The number of ketones is 1. The summed E-state index contributed by atoms with van der Waals surface area (Å²) in [4.78, 5) is 34.8. The van der Waals surface area contributed by atoms with E-state index < -0.39 is 17.6 Å². The van der Waals surface area contributed by atoms with Crippen molar-refractivity contribution < 1.29 is 37.4 Å². The molecule has 0 saturated heterocycles. The molecule has 2 N–H and O–H groups in total. The van der Waals surface area contributed by atoms with Crippen LogP contribution in [-0.4, -0.2) is 38.1 Å². The van der Waals surface area contributed by atoms with Gasteiger partial charge in [0.05, 0.1) is 12.0 Å². The van der Waals surface area contributed by atoms with Gasteiger partial charge >= 0.3 is 18.1 Å². The number of nitrogens with one attached hydrogen (secondary N) is 1. The number of rotatable bonds is 8. The van der Waals surface area contributed by atoms with Crippen LogP contribution in [0.25, 0.3) is 0 Å². The van der Waals surface area contributed by atoms with Crippen molar-refractivity contribution in [2.75, 3.05) is 0 Å². The van der Waals surface area contributed by atoms with E-state index in [0.29, 0.717) is 22.8 Å². The van der Waals surface area contributed by atoms with Crippen LogP contribution in [0.15, 0.2) is 24.5 Å². The van der Waals surface area contributed by atoms with Crippen molar-refractivity contribution in [2.45, 2.75) is 97.8 Å². The maximum Gasteiger partial charge on any atom is 0.490 e. The lowest BCUT2D eigenvalue weighted by atomic mass is 9.72. The van der Waals surface area contributed by atoms with Crippen LogP contribution in [0.3, 0.4) is 0 Å². The number of nitrogens with zero attached hydrogens (tertiary/aromatic N) is 2. The molecule has 3 rings (SSSR count). The summed E-state index contributed by atoms with van der Waals surface area (Å²) in [5.41, 5.74) is 1.44. The molecule has 0 fully saturated rings. The van der Waals surface area contributed by atoms with Crippen LogP contribution in [0, 0.1) is 11.3 Å². The predicted octanol–water partition coefficient (Wildman–Crippen LogP) is 5.61. The number of carbonyl (C=O) groups is 3. The number of imidazole rings is 1. The first kappa shape index (κ1) is 31.8. The standard InChI is InChI=1S/C26H37N3O3.C2HF3O2/c1-8-17(9-2)12-13-28-14-15-29(24(28)27)16-19(30)18-10-11-20-22(21(18)25(3,4)5)26(6,7)23(31)32-20;3-2(4,5)1(6)7/h10-11,14-15,17,27H,8-9,12-13,16H2,1-7H3;(H,6,7). The Balaban J connectivity index is 0.000000673. The molecule has 2 heterocycles. The molecule has 0 radical (unpaired) electrons. The summed E-state index contributed by atoms with van der Waals surface area (Å²) in [5, 5.41) is 15.7. The highest BCUT2D eigenvalue weighted by atomic mass is 19.4. The Bertz CT molecular complexity index is 1280. The second kappa shape index (κ2) is 11.8. The highest BCUT2D eigenvalue weighted by Crippen LogP contribution is 2.46. The number of hydrogen-bond acceptors (Lipinski definition) is 5. The van der Waals surface area contributed by atoms with E-state index in [-0.39, 0.29) is 23.7 Å². The third-order valence-electron chi connectivity index (χ3n) is 7.02. The summed E-state index contributed by atoms with van der Waals surface area (Å²) >= 11 is 0. The number of carboxylic acid groups (broad SMARTS) is 1. The maximum absolute atomic E-state index is 13.5. The highest BCUT2D eigenvalue weighted by molar-refractivity contribution is 6.00. The Morgan fingerprint density at radius 1 is 1.08 bits per heavy atom. The fraction of sp³-hybridized carbons (Fsp3) is 0.571. The van der Waals surface area contributed by atoms with Crippen LogP contribution in [0.1, 0.15) is 89.2 Å². The number of halogens is 3. The van der Waals surface area contributed by atoms with Crippen molar-refractivity contribution in [3.8, 4) is 5.75 Å². The lowest BCUT2D eigenvalue weighted by Crippen LogP contribution is -2.31. The zero-order valence-electron chi connectivity index (χ0n) is 23.5. The van der Waals surface area contributed by atoms with E-state index in [2.05, 4.69) is 34.6 Å². The third kappa shape index (κ3) is 7.19. The number of alkyl halides is 3. The van der Waals surface area contributed by atoms with Gasteiger partial charge in [0.1, 0.15) is 5.75 Å². The van der Waals surface area contributed by atoms with Crippen LogP contribution in [0.5, 0.6) is 5.75 Å². The molecule has 1 aromatic carbocycles. The Kier molecular flexibility index (Phi) is 9.63. The monoisotopic (exact) mass is 553 g/mol. The van der Waals surface area contributed by atoms with Crippen molar-refractivity contribution in [3.05, 3.63) is 46.8 Å². The third-order valence-corrected chi connectivity index (χ3v) is 7.02. The van der Waals surface area contributed by atoms with E-state index in [4.69, 9.17) is 20.0 Å². The molecule has 0 atom stereocenters. The summed E-state index contributed by atoms with van der Waals surface area (Å²) in [7, 11) is 0. The van der Waals surface area contributed by atoms with Crippen LogP contribution in [0.2, 0.25) is 0 Å².